The number of carbonyl (C=O) groups is 1. The molecule has 0 spiro atoms. The summed E-state index contributed by atoms with van der Waals surface area (Å²) in [6.45, 7) is 2.18. The highest BCUT2D eigenvalue weighted by molar-refractivity contribution is 7.99. The van der Waals surface area contributed by atoms with Crippen LogP contribution in [0, 0.1) is 0 Å². The van der Waals surface area contributed by atoms with Crippen LogP contribution in [0.2, 0.25) is 0 Å². The highest BCUT2D eigenvalue weighted by atomic mass is 32.2. The van der Waals surface area contributed by atoms with E-state index < -0.39 is 0 Å². The van der Waals surface area contributed by atoms with Crippen LogP contribution in [-0.2, 0) is 6.42 Å². The number of Topliss-reactive ketones (excluding diaryl/α,β-unsaturated/α-hetero) is 1. The molecular formula is C21H23N3O2S. The molecule has 3 rings (SSSR count). The summed E-state index contributed by atoms with van der Waals surface area (Å²) in [4.78, 5) is 12.5. The minimum atomic E-state index is 0.0802. The lowest BCUT2D eigenvalue weighted by molar-refractivity contribution is 0.102. The highest BCUT2D eigenvalue weighted by Crippen LogP contribution is 2.27. The number of hydrogen-bond donors (Lipinski definition) is 0. The lowest BCUT2D eigenvalue weighted by atomic mass is 10.1. The minimum Gasteiger partial charge on any atom is -0.495 e. The van der Waals surface area contributed by atoms with Crippen LogP contribution in [0.15, 0.2) is 60.0 Å². The number of para-hydroxylation sites is 2. The molecule has 0 aliphatic carbocycles. The van der Waals surface area contributed by atoms with Gasteiger partial charge in [0.15, 0.2) is 10.9 Å². The van der Waals surface area contributed by atoms with Crippen LogP contribution in [-0.4, -0.2) is 33.4 Å². The Morgan fingerprint density at radius 3 is 2.67 bits per heavy atom. The Balaban J connectivity index is 1.67. The molecule has 0 aliphatic heterocycles. The second-order valence-electron chi connectivity index (χ2n) is 6.17. The normalized spacial score (nSPS) is 10.7. The maximum atomic E-state index is 12.5. The van der Waals surface area contributed by atoms with Crippen molar-refractivity contribution >= 4 is 17.5 Å². The summed E-state index contributed by atoms with van der Waals surface area (Å²) in [6.07, 6.45) is 5.03. The minimum absolute atomic E-state index is 0.0802. The van der Waals surface area contributed by atoms with Crippen molar-refractivity contribution in [3.63, 3.8) is 0 Å². The monoisotopic (exact) mass is 381 g/mol. The van der Waals surface area contributed by atoms with Gasteiger partial charge in [0.05, 0.1) is 18.6 Å². The topological polar surface area (TPSA) is 57.0 Å². The van der Waals surface area contributed by atoms with Crippen LogP contribution in [0.25, 0.3) is 5.69 Å². The average Bonchev–Trinajstić information content (AvgIpc) is 3.19. The predicted octanol–water partition coefficient (Wildman–Crippen LogP) is 4.59. The molecule has 0 N–H and O–H groups in total. The number of carbonyl (C=O) groups excluding carboxylic acids is 1. The first-order valence-electron chi connectivity index (χ1n) is 9.01. The quantitative estimate of drug-likeness (QED) is 0.401. The van der Waals surface area contributed by atoms with E-state index in [4.69, 9.17) is 4.74 Å². The van der Waals surface area contributed by atoms with Crippen molar-refractivity contribution in [2.75, 3.05) is 12.9 Å². The number of aromatic nitrogens is 3. The molecule has 1 aromatic heterocycles. The van der Waals surface area contributed by atoms with Crippen molar-refractivity contribution in [1.29, 1.82) is 0 Å². The zero-order valence-corrected chi connectivity index (χ0v) is 16.4. The standard InChI is InChI=1S/C21H23N3O2S/c1-3-4-7-16-10-12-17(13-11-16)19(25)14-27-21-23-22-15-24(21)18-8-5-6-9-20(18)26-2/h5-6,8-13,15H,3-4,7,14H2,1-2H3. The highest BCUT2D eigenvalue weighted by Gasteiger charge is 2.14. The molecule has 0 saturated carbocycles. The fourth-order valence-electron chi connectivity index (χ4n) is 2.77. The first kappa shape index (κ1) is 19.2. The lowest BCUT2D eigenvalue weighted by Gasteiger charge is -2.10. The summed E-state index contributed by atoms with van der Waals surface area (Å²) in [5.74, 6) is 1.12. The van der Waals surface area contributed by atoms with E-state index in [0.717, 1.165) is 23.4 Å². The first-order valence-corrected chi connectivity index (χ1v) is 10.00. The van der Waals surface area contributed by atoms with E-state index in [-0.39, 0.29) is 5.78 Å². The van der Waals surface area contributed by atoms with E-state index in [2.05, 4.69) is 17.1 Å². The molecule has 140 valence electrons. The molecular weight excluding hydrogens is 358 g/mol. The van der Waals surface area contributed by atoms with E-state index in [0.29, 0.717) is 10.9 Å². The molecule has 0 aliphatic rings. The van der Waals surface area contributed by atoms with Crippen LogP contribution in [0.4, 0.5) is 0 Å². The summed E-state index contributed by atoms with van der Waals surface area (Å²) in [5, 5.41) is 8.80. The molecule has 27 heavy (non-hydrogen) atoms. The number of benzene rings is 2. The molecule has 3 aromatic rings. The Morgan fingerprint density at radius 2 is 1.93 bits per heavy atom. The van der Waals surface area contributed by atoms with Gasteiger partial charge in [-0.25, -0.2) is 0 Å². The largest absolute Gasteiger partial charge is 0.495 e. The zero-order valence-electron chi connectivity index (χ0n) is 15.6. The molecule has 0 radical (unpaired) electrons. The van der Waals surface area contributed by atoms with Gasteiger partial charge in [0.25, 0.3) is 0 Å². The number of methoxy groups -OCH3 is 1. The van der Waals surface area contributed by atoms with Crippen LogP contribution in [0.5, 0.6) is 5.75 Å². The molecule has 6 heteroatoms. The van der Waals surface area contributed by atoms with Crippen LogP contribution in [0.1, 0.15) is 35.7 Å². The van der Waals surface area contributed by atoms with Gasteiger partial charge < -0.3 is 4.74 Å². The number of ether oxygens (including phenoxy) is 1. The van der Waals surface area contributed by atoms with Gasteiger partial charge in [0.1, 0.15) is 12.1 Å². The maximum absolute atomic E-state index is 12.5. The van der Waals surface area contributed by atoms with E-state index in [1.807, 2.05) is 53.1 Å². The van der Waals surface area contributed by atoms with Crippen molar-refractivity contribution in [1.82, 2.24) is 14.8 Å². The smallest absolute Gasteiger partial charge is 0.196 e. The number of rotatable bonds is 9. The van der Waals surface area contributed by atoms with E-state index in [9.17, 15) is 4.79 Å². The molecule has 0 saturated heterocycles. The number of thioether (sulfide) groups is 1. The van der Waals surface area contributed by atoms with Gasteiger partial charge in [-0.15, -0.1) is 10.2 Å². The van der Waals surface area contributed by atoms with Gasteiger partial charge in [-0.1, -0.05) is 61.5 Å². The molecule has 0 atom stereocenters. The van der Waals surface area contributed by atoms with E-state index in [1.165, 1.54) is 30.2 Å². The fraction of sp³-hybridized carbons (Fsp3) is 0.286. The fourth-order valence-corrected chi connectivity index (χ4v) is 3.58. The molecule has 2 aromatic carbocycles. The Labute approximate surface area is 163 Å². The van der Waals surface area contributed by atoms with Crippen LogP contribution < -0.4 is 4.74 Å². The van der Waals surface area contributed by atoms with Crippen molar-refractivity contribution in [3.05, 3.63) is 66.0 Å². The van der Waals surface area contributed by atoms with Crippen molar-refractivity contribution in [2.24, 2.45) is 0 Å². The number of aryl methyl sites for hydroxylation is 1. The molecule has 0 bridgehead atoms. The number of hydrogen-bond acceptors (Lipinski definition) is 5. The Hall–Kier alpha value is -2.60. The molecule has 0 fully saturated rings. The molecule has 5 nitrogen and oxygen atoms in total. The number of nitrogens with zero attached hydrogens (tertiary/aromatic N) is 3. The van der Waals surface area contributed by atoms with Gasteiger partial charge in [0.2, 0.25) is 0 Å². The summed E-state index contributed by atoms with van der Waals surface area (Å²) in [5.41, 5.74) is 2.85. The summed E-state index contributed by atoms with van der Waals surface area (Å²) >= 11 is 1.37. The first-order chi connectivity index (χ1) is 13.2. The van der Waals surface area contributed by atoms with E-state index >= 15 is 0 Å². The van der Waals surface area contributed by atoms with Crippen LogP contribution >= 0.6 is 11.8 Å². The summed E-state index contributed by atoms with van der Waals surface area (Å²) in [6, 6.07) is 15.6. The SMILES string of the molecule is CCCCc1ccc(C(=O)CSc2nncn2-c2ccccc2OC)cc1. The van der Waals surface area contributed by atoms with Gasteiger partial charge in [-0.2, -0.15) is 0 Å². The van der Waals surface area contributed by atoms with Gasteiger partial charge in [0, 0.05) is 5.56 Å². The summed E-state index contributed by atoms with van der Waals surface area (Å²) < 4.78 is 7.24. The molecule has 0 unspecified atom stereocenters. The molecule has 0 amide bonds. The van der Waals surface area contributed by atoms with Gasteiger partial charge in [-0.3, -0.25) is 9.36 Å². The second-order valence-corrected chi connectivity index (χ2v) is 7.11. The Kier molecular flexibility index (Phi) is 6.65. The Bertz CT molecular complexity index is 890. The lowest BCUT2D eigenvalue weighted by Crippen LogP contribution is -2.05. The van der Waals surface area contributed by atoms with E-state index in [1.54, 1.807) is 13.4 Å². The molecule has 1 heterocycles. The van der Waals surface area contributed by atoms with Crippen molar-refractivity contribution < 1.29 is 9.53 Å². The zero-order chi connectivity index (χ0) is 19.1. The Morgan fingerprint density at radius 1 is 1.15 bits per heavy atom. The van der Waals surface area contributed by atoms with Gasteiger partial charge >= 0.3 is 0 Å². The maximum Gasteiger partial charge on any atom is 0.196 e. The summed E-state index contributed by atoms with van der Waals surface area (Å²) in [7, 11) is 1.63. The van der Waals surface area contributed by atoms with Crippen molar-refractivity contribution in [3.8, 4) is 11.4 Å². The predicted molar refractivity (Wildman–Crippen MR) is 108 cm³/mol. The third-order valence-electron chi connectivity index (χ3n) is 4.29. The second kappa shape index (κ2) is 9.37. The average molecular weight is 382 g/mol. The van der Waals surface area contributed by atoms with Gasteiger partial charge in [-0.05, 0) is 30.5 Å². The third-order valence-corrected chi connectivity index (χ3v) is 5.23. The van der Waals surface area contributed by atoms with Crippen LogP contribution in [0.3, 0.4) is 0 Å². The third kappa shape index (κ3) is 4.77. The van der Waals surface area contributed by atoms with Crippen molar-refractivity contribution in [2.45, 2.75) is 31.3 Å². The number of ketones is 1. The number of unbranched alkanes of at least 4 members (excludes halogenated alkanes) is 1.